The van der Waals surface area contributed by atoms with Crippen LogP contribution in [0.4, 0.5) is 5.69 Å². The molecule has 0 saturated carbocycles. The lowest BCUT2D eigenvalue weighted by molar-refractivity contribution is -0.116. The molecular formula is C20H25NO. The van der Waals surface area contributed by atoms with Crippen molar-refractivity contribution in [1.29, 1.82) is 0 Å². The van der Waals surface area contributed by atoms with Crippen LogP contribution >= 0.6 is 0 Å². The highest BCUT2D eigenvalue weighted by Crippen LogP contribution is 2.17. The van der Waals surface area contributed by atoms with Crippen LogP contribution in [0.2, 0.25) is 0 Å². The molecule has 2 aromatic rings. The van der Waals surface area contributed by atoms with Gasteiger partial charge >= 0.3 is 0 Å². The van der Waals surface area contributed by atoms with Gasteiger partial charge in [-0.25, -0.2) is 0 Å². The molecule has 2 nitrogen and oxygen atoms in total. The summed E-state index contributed by atoms with van der Waals surface area (Å²) in [6.07, 6.45) is 2.46. The molecule has 0 spiro atoms. The number of anilines is 1. The summed E-state index contributed by atoms with van der Waals surface area (Å²) >= 11 is 0. The van der Waals surface area contributed by atoms with Gasteiger partial charge in [-0.05, 0) is 62.4 Å². The van der Waals surface area contributed by atoms with E-state index < -0.39 is 0 Å². The minimum Gasteiger partial charge on any atom is -0.385 e. The fourth-order valence-corrected chi connectivity index (χ4v) is 2.47. The highest BCUT2D eigenvalue weighted by atomic mass is 16.1. The topological polar surface area (TPSA) is 29.1 Å². The van der Waals surface area contributed by atoms with Gasteiger partial charge in [0.2, 0.25) is 0 Å². The molecule has 0 radical (unpaired) electrons. The summed E-state index contributed by atoms with van der Waals surface area (Å²) in [4.78, 5) is 11.2. The summed E-state index contributed by atoms with van der Waals surface area (Å²) in [7, 11) is 0. The second kappa shape index (κ2) is 7.79. The zero-order valence-corrected chi connectivity index (χ0v) is 13.8. The molecule has 0 heterocycles. The van der Waals surface area contributed by atoms with Crippen LogP contribution in [0, 0.1) is 13.8 Å². The summed E-state index contributed by atoms with van der Waals surface area (Å²) < 4.78 is 0. The maximum atomic E-state index is 11.2. The second-order valence-corrected chi connectivity index (χ2v) is 6.01. The van der Waals surface area contributed by atoms with Crippen LogP contribution in [0.1, 0.15) is 35.6 Å². The summed E-state index contributed by atoms with van der Waals surface area (Å²) in [5, 5.41) is 3.48. The lowest BCUT2D eigenvalue weighted by atomic mass is 10.0. The summed E-state index contributed by atoms with van der Waals surface area (Å²) in [5.41, 5.74) is 6.30. The van der Waals surface area contributed by atoms with Crippen LogP contribution in [0.25, 0.3) is 0 Å². The summed E-state index contributed by atoms with van der Waals surface area (Å²) in [5.74, 6) is 0.247. The minimum atomic E-state index is 0.247. The monoisotopic (exact) mass is 295 g/mol. The number of hydrogen-bond donors (Lipinski definition) is 1. The van der Waals surface area contributed by atoms with E-state index in [2.05, 4.69) is 61.6 Å². The number of rotatable bonds is 7. The predicted octanol–water partition coefficient (Wildman–Crippen LogP) is 4.48. The van der Waals surface area contributed by atoms with Crippen molar-refractivity contribution in [3.05, 3.63) is 64.7 Å². The Morgan fingerprint density at radius 3 is 2.41 bits per heavy atom. The van der Waals surface area contributed by atoms with E-state index >= 15 is 0 Å². The fraction of sp³-hybridized carbons (Fsp3) is 0.350. The van der Waals surface area contributed by atoms with Gasteiger partial charge in [0, 0.05) is 18.7 Å². The zero-order chi connectivity index (χ0) is 15.9. The smallest absolute Gasteiger partial charge is 0.130 e. The van der Waals surface area contributed by atoms with Crippen LogP contribution in [0.3, 0.4) is 0 Å². The van der Waals surface area contributed by atoms with Gasteiger partial charge < -0.3 is 10.1 Å². The first-order chi connectivity index (χ1) is 10.5. The van der Waals surface area contributed by atoms with Crippen LogP contribution in [-0.4, -0.2) is 12.3 Å². The molecule has 0 unspecified atom stereocenters. The van der Waals surface area contributed by atoms with Crippen molar-refractivity contribution in [3.63, 3.8) is 0 Å². The Morgan fingerprint density at radius 1 is 1.00 bits per heavy atom. The van der Waals surface area contributed by atoms with Crippen LogP contribution < -0.4 is 5.32 Å². The normalized spacial score (nSPS) is 10.5. The number of nitrogens with one attached hydrogen (secondary N) is 1. The molecule has 0 amide bonds. The third-order valence-electron chi connectivity index (χ3n) is 3.96. The van der Waals surface area contributed by atoms with Gasteiger partial charge in [-0.1, -0.05) is 35.9 Å². The Bertz CT molecular complexity index is 629. The maximum Gasteiger partial charge on any atom is 0.130 e. The van der Waals surface area contributed by atoms with Gasteiger partial charge in [-0.2, -0.15) is 0 Å². The Labute approximate surface area is 133 Å². The van der Waals surface area contributed by atoms with E-state index in [1.165, 1.54) is 22.3 Å². The third-order valence-corrected chi connectivity index (χ3v) is 3.96. The quantitative estimate of drug-likeness (QED) is 0.816. The Hall–Kier alpha value is -2.09. The average molecular weight is 295 g/mol. The van der Waals surface area contributed by atoms with Crippen molar-refractivity contribution >= 4 is 11.5 Å². The molecular weight excluding hydrogens is 270 g/mol. The highest BCUT2D eigenvalue weighted by molar-refractivity contribution is 5.75. The lowest BCUT2D eigenvalue weighted by Gasteiger charge is -2.11. The Balaban J connectivity index is 1.90. The van der Waals surface area contributed by atoms with Crippen molar-refractivity contribution in [2.75, 3.05) is 11.9 Å². The SMILES string of the molecule is CC(=O)CCc1cc(NCCc2ccc(C)cc2)ccc1C. The van der Waals surface area contributed by atoms with Crippen LogP contribution in [0.5, 0.6) is 0 Å². The van der Waals surface area contributed by atoms with Crippen molar-refractivity contribution in [2.24, 2.45) is 0 Å². The Morgan fingerprint density at radius 2 is 1.73 bits per heavy atom. The molecule has 1 N–H and O–H groups in total. The molecule has 0 aromatic heterocycles. The average Bonchev–Trinajstić information content (AvgIpc) is 2.49. The lowest BCUT2D eigenvalue weighted by Crippen LogP contribution is -2.06. The largest absolute Gasteiger partial charge is 0.385 e. The first-order valence-electron chi connectivity index (χ1n) is 7.93. The first kappa shape index (κ1) is 16.3. The number of carbonyl (C=O) groups excluding carboxylic acids is 1. The molecule has 0 aliphatic heterocycles. The number of carbonyl (C=O) groups is 1. The van der Waals surface area contributed by atoms with Crippen LogP contribution in [-0.2, 0) is 17.6 Å². The Kier molecular flexibility index (Phi) is 5.76. The molecule has 0 aliphatic rings. The first-order valence-corrected chi connectivity index (χ1v) is 7.93. The van der Waals surface area contributed by atoms with Gasteiger partial charge in [0.05, 0.1) is 0 Å². The van der Waals surface area contributed by atoms with Gasteiger partial charge in [-0.15, -0.1) is 0 Å². The number of Topliss-reactive ketones (excluding diaryl/α,β-unsaturated/α-hetero) is 1. The van der Waals surface area contributed by atoms with E-state index in [9.17, 15) is 4.79 Å². The van der Waals surface area contributed by atoms with Crippen molar-refractivity contribution in [1.82, 2.24) is 0 Å². The van der Waals surface area contributed by atoms with Crippen molar-refractivity contribution in [3.8, 4) is 0 Å². The maximum absolute atomic E-state index is 11.2. The number of ketones is 1. The van der Waals surface area contributed by atoms with E-state index in [0.29, 0.717) is 6.42 Å². The summed E-state index contributed by atoms with van der Waals surface area (Å²) in [6.45, 7) is 6.78. The van der Waals surface area contributed by atoms with Crippen molar-refractivity contribution < 1.29 is 4.79 Å². The molecule has 2 rings (SSSR count). The molecule has 0 atom stereocenters. The molecule has 2 aromatic carbocycles. The van der Waals surface area contributed by atoms with Gasteiger partial charge in [0.1, 0.15) is 5.78 Å². The number of hydrogen-bond acceptors (Lipinski definition) is 2. The molecule has 22 heavy (non-hydrogen) atoms. The summed E-state index contributed by atoms with van der Waals surface area (Å²) in [6, 6.07) is 15.1. The van der Waals surface area contributed by atoms with E-state index in [1.54, 1.807) is 6.92 Å². The van der Waals surface area contributed by atoms with Gasteiger partial charge in [-0.3, -0.25) is 0 Å². The van der Waals surface area contributed by atoms with Crippen LogP contribution in [0.15, 0.2) is 42.5 Å². The fourth-order valence-electron chi connectivity index (χ4n) is 2.47. The molecule has 2 heteroatoms. The van der Waals surface area contributed by atoms with Gasteiger partial charge in [0.25, 0.3) is 0 Å². The van der Waals surface area contributed by atoms with Gasteiger partial charge in [0.15, 0.2) is 0 Å². The highest BCUT2D eigenvalue weighted by Gasteiger charge is 2.03. The molecule has 0 fully saturated rings. The molecule has 0 aliphatic carbocycles. The minimum absolute atomic E-state index is 0.247. The molecule has 0 bridgehead atoms. The standard InChI is InChI=1S/C20H25NO/c1-15-4-8-18(9-5-15)12-13-21-20-11-6-16(2)19(14-20)10-7-17(3)22/h4-6,8-9,11,14,21H,7,10,12-13H2,1-3H3. The van der Waals surface area contributed by atoms with E-state index in [1.807, 2.05) is 0 Å². The number of aryl methyl sites for hydroxylation is 3. The molecule has 116 valence electrons. The van der Waals surface area contributed by atoms with Crippen molar-refractivity contribution in [2.45, 2.75) is 40.0 Å². The second-order valence-electron chi connectivity index (χ2n) is 6.01. The number of benzene rings is 2. The van der Waals surface area contributed by atoms with E-state index in [-0.39, 0.29) is 5.78 Å². The zero-order valence-electron chi connectivity index (χ0n) is 13.8. The predicted molar refractivity (Wildman–Crippen MR) is 93.6 cm³/mol. The third kappa shape index (κ3) is 5.03. The van der Waals surface area contributed by atoms with E-state index in [4.69, 9.17) is 0 Å². The molecule has 0 saturated heterocycles. The van der Waals surface area contributed by atoms with E-state index in [0.717, 1.165) is 25.1 Å².